The SMILES string of the molecule is Cc1ccc(C(C)C)cc1N(C)c1ccc(CN)cc1. The maximum atomic E-state index is 5.65. The highest BCUT2D eigenvalue weighted by Crippen LogP contribution is 2.30. The Morgan fingerprint density at radius 1 is 1.05 bits per heavy atom. The van der Waals surface area contributed by atoms with Crippen molar-refractivity contribution in [2.45, 2.75) is 33.2 Å². The monoisotopic (exact) mass is 268 g/mol. The van der Waals surface area contributed by atoms with Crippen LogP contribution in [0.4, 0.5) is 11.4 Å². The third-order valence-corrected chi connectivity index (χ3v) is 3.82. The van der Waals surface area contributed by atoms with E-state index in [1.807, 2.05) is 0 Å². The Kier molecular flexibility index (Phi) is 4.46. The van der Waals surface area contributed by atoms with E-state index in [2.05, 4.69) is 75.2 Å². The van der Waals surface area contributed by atoms with Crippen molar-refractivity contribution in [2.24, 2.45) is 5.73 Å². The Morgan fingerprint density at radius 3 is 2.25 bits per heavy atom. The molecule has 0 bridgehead atoms. The Balaban J connectivity index is 2.36. The average Bonchev–Trinajstić information content (AvgIpc) is 2.47. The van der Waals surface area contributed by atoms with Crippen molar-refractivity contribution in [1.29, 1.82) is 0 Å². The molecule has 0 spiro atoms. The van der Waals surface area contributed by atoms with Crippen molar-refractivity contribution in [3.05, 3.63) is 59.2 Å². The highest BCUT2D eigenvalue weighted by molar-refractivity contribution is 5.66. The highest BCUT2D eigenvalue weighted by Gasteiger charge is 2.09. The summed E-state index contributed by atoms with van der Waals surface area (Å²) in [4.78, 5) is 2.24. The van der Waals surface area contributed by atoms with E-state index < -0.39 is 0 Å². The molecule has 0 aromatic heterocycles. The molecule has 2 N–H and O–H groups in total. The summed E-state index contributed by atoms with van der Waals surface area (Å²) in [5, 5.41) is 0. The summed E-state index contributed by atoms with van der Waals surface area (Å²) in [5.41, 5.74) is 11.9. The molecule has 0 saturated heterocycles. The van der Waals surface area contributed by atoms with E-state index in [0.29, 0.717) is 12.5 Å². The second kappa shape index (κ2) is 6.10. The standard InChI is InChI=1S/C18H24N2/c1-13(2)16-8-5-14(3)18(11-16)20(4)17-9-6-15(12-19)7-10-17/h5-11,13H,12,19H2,1-4H3. The third-order valence-electron chi connectivity index (χ3n) is 3.82. The van der Waals surface area contributed by atoms with Crippen molar-refractivity contribution in [3.63, 3.8) is 0 Å². The molecule has 20 heavy (non-hydrogen) atoms. The number of anilines is 2. The van der Waals surface area contributed by atoms with E-state index in [0.717, 1.165) is 5.56 Å². The summed E-state index contributed by atoms with van der Waals surface area (Å²) >= 11 is 0. The van der Waals surface area contributed by atoms with Gasteiger partial charge in [-0.2, -0.15) is 0 Å². The van der Waals surface area contributed by atoms with Crippen LogP contribution in [0.1, 0.15) is 36.5 Å². The van der Waals surface area contributed by atoms with Gasteiger partial charge in [-0.1, -0.05) is 38.1 Å². The summed E-state index contributed by atoms with van der Waals surface area (Å²) < 4.78 is 0. The fourth-order valence-electron chi connectivity index (χ4n) is 2.34. The van der Waals surface area contributed by atoms with Crippen molar-refractivity contribution in [1.82, 2.24) is 0 Å². The first kappa shape index (κ1) is 14.6. The lowest BCUT2D eigenvalue weighted by Crippen LogP contribution is -2.11. The van der Waals surface area contributed by atoms with Gasteiger partial charge in [0.15, 0.2) is 0 Å². The van der Waals surface area contributed by atoms with Crippen molar-refractivity contribution < 1.29 is 0 Å². The number of nitrogens with two attached hydrogens (primary N) is 1. The molecule has 0 atom stereocenters. The minimum absolute atomic E-state index is 0.544. The second-order valence-corrected chi connectivity index (χ2v) is 5.63. The van der Waals surface area contributed by atoms with Gasteiger partial charge in [-0.15, -0.1) is 0 Å². The molecule has 0 aliphatic carbocycles. The van der Waals surface area contributed by atoms with Gasteiger partial charge in [0, 0.05) is 25.0 Å². The predicted octanol–water partition coefficient (Wildman–Crippen LogP) is 4.35. The summed E-state index contributed by atoms with van der Waals surface area (Å²) in [6.07, 6.45) is 0. The zero-order valence-corrected chi connectivity index (χ0v) is 12.9. The normalized spacial score (nSPS) is 10.9. The summed E-state index contributed by atoms with van der Waals surface area (Å²) in [6.45, 7) is 7.20. The molecule has 0 fully saturated rings. The van der Waals surface area contributed by atoms with Gasteiger partial charge >= 0.3 is 0 Å². The van der Waals surface area contributed by atoms with Crippen molar-refractivity contribution in [2.75, 3.05) is 11.9 Å². The Morgan fingerprint density at radius 2 is 1.70 bits per heavy atom. The lowest BCUT2D eigenvalue weighted by atomic mass is 10.00. The largest absolute Gasteiger partial charge is 0.344 e. The van der Waals surface area contributed by atoms with Crippen molar-refractivity contribution >= 4 is 11.4 Å². The van der Waals surface area contributed by atoms with Crippen LogP contribution in [0.25, 0.3) is 0 Å². The van der Waals surface area contributed by atoms with Gasteiger partial charge in [0.1, 0.15) is 0 Å². The van der Waals surface area contributed by atoms with Gasteiger partial charge in [0.25, 0.3) is 0 Å². The molecule has 2 aromatic carbocycles. The van der Waals surface area contributed by atoms with Gasteiger partial charge in [0.05, 0.1) is 0 Å². The van der Waals surface area contributed by atoms with E-state index in [1.54, 1.807) is 0 Å². The van der Waals surface area contributed by atoms with Crippen LogP contribution in [0.2, 0.25) is 0 Å². The molecule has 0 aliphatic heterocycles. The average molecular weight is 268 g/mol. The Bertz CT molecular complexity index is 570. The van der Waals surface area contributed by atoms with Gasteiger partial charge in [-0.3, -0.25) is 0 Å². The molecule has 106 valence electrons. The maximum Gasteiger partial charge on any atom is 0.0440 e. The fraction of sp³-hybridized carbons (Fsp3) is 0.333. The molecule has 2 nitrogen and oxygen atoms in total. The molecule has 2 aromatic rings. The van der Waals surface area contributed by atoms with Crippen molar-refractivity contribution in [3.8, 4) is 0 Å². The fourth-order valence-corrected chi connectivity index (χ4v) is 2.34. The van der Waals surface area contributed by atoms with Crippen LogP contribution in [0.5, 0.6) is 0 Å². The van der Waals surface area contributed by atoms with Crippen LogP contribution in [-0.4, -0.2) is 7.05 Å². The smallest absolute Gasteiger partial charge is 0.0440 e. The number of aryl methyl sites for hydroxylation is 1. The zero-order valence-electron chi connectivity index (χ0n) is 12.9. The number of nitrogens with zero attached hydrogens (tertiary/aromatic N) is 1. The molecule has 0 saturated carbocycles. The Hall–Kier alpha value is -1.80. The van der Waals surface area contributed by atoms with E-state index in [4.69, 9.17) is 5.73 Å². The first-order valence-electron chi connectivity index (χ1n) is 7.16. The van der Waals surface area contributed by atoms with Gasteiger partial charge in [-0.25, -0.2) is 0 Å². The number of benzene rings is 2. The minimum Gasteiger partial charge on any atom is -0.344 e. The molecule has 0 unspecified atom stereocenters. The maximum absolute atomic E-state index is 5.65. The van der Waals surface area contributed by atoms with Crippen LogP contribution >= 0.6 is 0 Å². The van der Waals surface area contributed by atoms with E-state index in [-0.39, 0.29) is 0 Å². The van der Waals surface area contributed by atoms with E-state index in [1.165, 1.54) is 22.5 Å². The van der Waals surface area contributed by atoms with E-state index >= 15 is 0 Å². The zero-order chi connectivity index (χ0) is 14.7. The lowest BCUT2D eigenvalue weighted by Gasteiger charge is -2.23. The number of hydrogen-bond acceptors (Lipinski definition) is 2. The topological polar surface area (TPSA) is 29.3 Å². The van der Waals surface area contributed by atoms with Gasteiger partial charge < -0.3 is 10.6 Å². The second-order valence-electron chi connectivity index (χ2n) is 5.63. The van der Waals surface area contributed by atoms with Crippen LogP contribution in [0.3, 0.4) is 0 Å². The molecule has 0 aliphatic rings. The minimum atomic E-state index is 0.544. The predicted molar refractivity (Wildman–Crippen MR) is 87.7 cm³/mol. The number of rotatable bonds is 4. The van der Waals surface area contributed by atoms with Gasteiger partial charge in [-0.05, 0) is 47.7 Å². The van der Waals surface area contributed by atoms with Gasteiger partial charge in [0.2, 0.25) is 0 Å². The quantitative estimate of drug-likeness (QED) is 0.893. The molecule has 0 radical (unpaired) electrons. The summed E-state index contributed by atoms with van der Waals surface area (Å²) in [7, 11) is 2.11. The van der Waals surface area contributed by atoms with Crippen LogP contribution < -0.4 is 10.6 Å². The first-order valence-corrected chi connectivity index (χ1v) is 7.16. The molecule has 0 heterocycles. The van der Waals surface area contributed by atoms with Crippen LogP contribution in [0.15, 0.2) is 42.5 Å². The van der Waals surface area contributed by atoms with Crippen LogP contribution in [0, 0.1) is 6.92 Å². The summed E-state index contributed by atoms with van der Waals surface area (Å²) in [6, 6.07) is 15.1. The van der Waals surface area contributed by atoms with E-state index in [9.17, 15) is 0 Å². The highest BCUT2D eigenvalue weighted by atomic mass is 15.1. The Labute approximate surface area is 122 Å². The lowest BCUT2D eigenvalue weighted by molar-refractivity contribution is 0.865. The molecular formula is C18H24N2. The molecule has 2 rings (SSSR count). The van der Waals surface area contributed by atoms with Crippen LogP contribution in [-0.2, 0) is 6.54 Å². The molecular weight excluding hydrogens is 244 g/mol. The third kappa shape index (κ3) is 3.02. The molecule has 0 amide bonds. The molecule has 2 heteroatoms. The number of hydrogen-bond donors (Lipinski definition) is 1. The summed E-state index contributed by atoms with van der Waals surface area (Å²) in [5.74, 6) is 0.544. The first-order chi connectivity index (χ1) is 9.52.